The van der Waals surface area contributed by atoms with Crippen LogP contribution in [0.5, 0.6) is 6.01 Å². The molecule has 0 radical (unpaired) electrons. The van der Waals surface area contributed by atoms with E-state index in [9.17, 15) is 0 Å². The smallest absolute Gasteiger partial charge is 0.323 e. The van der Waals surface area contributed by atoms with Crippen molar-refractivity contribution in [2.75, 3.05) is 43.5 Å². The molecule has 2 rings (SSSR count). The Kier molecular flexibility index (Phi) is 4.73. The minimum Gasteiger partial charge on any atom is -0.463 e. The van der Waals surface area contributed by atoms with Gasteiger partial charge >= 0.3 is 6.01 Å². The molecule has 0 saturated carbocycles. The predicted octanol–water partition coefficient (Wildman–Crippen LogP) is 0.715. The Labute approximate surface area is 113 Å². The van der Waals surface area contributed by atoms with E-state index in [1.165, 1.54) is 0 Å². The molecular formula is C12H21N5O2. The van der Waals surface area contributed by atoms with Gasteiger partial charge in [0.05, 0.1) is 13.2 Å². The monoisotopic (exact) mass is 267 g/mol. The van der Waals surface area contributed by atoms with Crippen molar-refractivity contribution in [1.82, 2.24) is 15.0 Å². The molecule has 1 fully saturated rings. The van der Waals surface area contributed by atoms with E-state index in [4.69, 9.17) is 15.2 Å². The maximum absolute atomic E-state index is 5.70. The van der Waals surface area contributed by atoms with Gasteiger partial charge in [0.1, 0.15) is 0 Å². The largest absolute Gasteiger partial charge is 0.463 e. The van der Waals surface area contributed by atoms with Crippen molar-refractivity contribution in [3.8, 4) is 6.01 Å². The summed E-state index contributed by atoms with van der Waals surface area (Å²) in [6, 6.07) is 0.293. The van der Waals surface area contributed by atoms with Crippen LogP contribution >= 0.6 is 0 Å². The minimum atomic E-state index is 0.189. The summed E-state index contributed by atoms with van der Waals surface area (Å²) < 4.78 is 10.9. The summed E-state index contributed by atoms with van der Waals surface area (Å²) in [4.78, 5) is 14.4. The maximum atomic E-state index is 5.70. The second-order valence-electron chi connectivity index (χ2n) is 4.49. The molecule has 0 amide bonds. The fourth-order valence-corrected chi connectivity index (χ4v) is 1.98. The Balaban J connectivity index is 2.03. The van der Waals surface area contributed by atoms with E-state index in [0.717, 1.165) is 32.7 Å². The number of rotatable bonds is 6. The first-order chi connectivity index (χ1) is 9.22. The molecule has 0 bridgehead atoms. The molecule has 0 aliphatic carbocycles. The third kappa shape index (κ3) is 3.66. The molecule has 0 aromatic carbocycles. The average Bonchev–Trinajstić information content (AvgIpc) is 2.90. The molecule has 1 aliphatic heterocycles. The summed E-state index contributed by atoms with van der Waals surface area (Å²) in [6.07, 6.45) is 1.02. The number of hydrogen-bond acceptors (Lipinski definition) is 7. The lowest BCUT2D eigenvalue weighted by atomic mass is 10.1. The lowest BCUT2D eigenvalue weighted by Crippen LogP contribution is -2.25. The van der Waals surface area contributed by atoms with Gasteiger partial charge < -0.3 is 20.1 Å². The predicted molar refractivity (Wildman–Crippen MR) is 72.2 cm³/mol. The van der Waals surface area contributed by atoms with Crippen LogP contribution in [-0.4, -0.2) is 47.9 Å². The zero-order valence-corrected chi connectivity index (χ0v) is 11.5. The molecule has 7 nitrogen and oxygen atoms in total. The minimum absolute atomic E-state index is 0.189. The summed E-state index contributed by atoms with van der Waals surface area (Å²) >= 11 is 0. The number of aromatic nitrogens is 3. The Hall–Kier alpha value is -1.63. The van der Waals surface area contributed by atoms with Crippen LogP contribution in [0, 0.1) is 5.92 Å². The van der Waals surface area contributed by atoms with Crippen LogP contribution in [0.1, 0.15) is 20.3 Å². The first kappa shape index (κ1) is 13.8. The van der Waals surface area contributed by atoms with Gasteiger partial charge in [-0.05, 0) is 20.3 Å². The fourth-order valence-electron chi connectivity index (χ4n) is 1.98. The van der Waals surface area contributed by atoms with E-state index in [0.29, 0.717) is 24.5 Å². The van der Waals surface area contributed by atoms with Crippen LogP contribution in [0.25, 0.3) is 0 Å². The lowest BCUT2D eigenvalue weighted by molar-refractivity contribution is 0.163. The summed E-state index contributed by atoms with van der Waals surface area (Å²) in [5.41, 5.74) is 5.70. The lowest BCUT2D eigenvalue weighted by Gasteiger charge is -2.19. The number of hydrogen-bond donors (Lipinski definition) is 1. The highest BCUT2D eigenvalue weighted by molar-refractivity contribution is 5.35. The van der Waals surface area contributed by atoms with Crippen LogP contribution in [0.15, 0.2) is 0 Å². The van der Waals surface area contributed by atoms with E-state index >= 15 is 0 Å². The second-order valence-corrected chi connectivity index (χ2v) is 4.49. The molecule has 1 aromatic rings. The van der Waals surface area contributed by atoms with Crippen LogP contribution < -0.4 is 15.4 Å². The van der Waals surface area contributed by atoms with Crippen molar-refractivity contribution in [3.63, 3.8) is 0 Å². The molecule has 1 saturated heterocycles. The van der Waals surface area contributed by atoms with Gasteiger partial charge in [0.25, 0.3) is 0 Å². The molecule has 19 heavy (non-hydrogen) atoms. The number of nitrogens with zero attached hydrogens (tertiary/aromatic N) is 4. The number of nitrogens with two attached hydrogens (primary N) is 1. The summed E-state index contributed by atoms with van der Waals surface area (Å²) in [5, 5.41) is 0. The molecule has 0 spiro atoms. The molecular weight excluding hydrogens is 246 g/mol. The van der Waals surface area contributed by atoms with Crippen molar-refractivity contribution in [2.45, 2.75) is 20.3 Å². The first-order valence-electron chi connectivity index (χ1n) is 6.70. The molecule has 1 aliphatic rings. The summed E-state index contributed by atoms with van der Waals surface area (Å²) in [7, 11) is 0. The van der Waals surface area contributed by atoms with Gasteiger partial charge in [0.2, 0.25) is 11.9 Å². The molecule has 106 valence electrons. The van der Waals surface area contributed by atoms with Gasteiger partial charge in [-0.25, -0.2) is 0 Å². The Morgan fingerprint density at radius 3 is 2.74 bits per heavy atom. The molecule has 1 aromatic heterocycles. The van der Waals surface area contributed by atoms with Gasteiger partial charge in [-0.2, -0.15) is 15.0 Å². The Morgan fingerprint density at radius 1 is 1.32 bits per heavy atom. The highest BCUT2D eigenvalue weighted by Crippen LogP contribution is 2.16. The first-order valence-corrected chi connectivity index (χ1v) is 6.70. The standard InChI is InChI=1S/C12H21N5O2/c1-3-17(4-2)11-14-10(13)15-12(16-11)19-8-9-5-6-18-7-9/h9H,3-8H2,1-2H3,(H2,13,14,15,16). The van der Waals surface area contributed by atoms with Crippen LogP contribution in [0.2, 0.25) is 0 Å². The van der Waals surface area contributed by atoms with Gasteiger partial charge in [-0.3, -0.25) is 0 Å². The number of ether oxygens (including phenoxy) is 2. The maximum Gasteiger partial charge on any atom is 0.323 e. The zero-order chi connectivity index (χ0) is 13.7. The van der Waals surface area contributed by atoms with Crippen molar-refractivity contribution in [3.05, 3.63) is 0 Å². The van der Waals surface area contributed by atoms with Gasteiger partial charge in [-0.15, -0.1) is 0 Å². The average molecular weight is 267 g/mol. The van der Waals surface area contributed by atoms with Crippen LogP contribution in [0.3, 0.4) is 0 Å². The molecule has 2 N–H and O–H groups in total. The van der Waals surface area contributed by atoms with E-state index in [1.54, 1.807) is 0 Å². The highest BCUT2D eigenvalue weighted by atomic mass is 16.5. The molecule has 1 atom stereocenters. The number of anilines is 2. The van der Waals surface area contributed by atoms with Gasteiger partial charge in [0, 0.05) is 25.6 Å². The third-order valence-electron chi connectivity index (χ3n) is 3.14. The Bertz CT molecular complexity index is 405. The summed E-state index contributed by atoms with van der Waals surface area (Å²) in [5.74, 6) is 1.17. The van der Waals surface area contributed by atoms with Crippen molar-refractivity contribution >= 4 is 11.9 Å². The molecule has 2 heterocycles. The van der Waals surface area contributed by atoms with E-state index in [2.05, 4.69) is 15.0 Å². The SMILES string of the molecule is CCN(CC)c1nc(N)nc(OCC2CCOC2)n1. The number of nitrogen functional groups attached to an aromatic ring is 1. The van der Waals surface area contributed by atoms with E-state index in [1.807, 2.05) is 18.7 Å². The van der Waals surface area contributed by atoms with E-state index in [-0.39, 0.29) is 5.95 Å². The second kappa shape index (κ2) is 6.51. The van der Waals surface area contributed by atoms with Crippen molar-refractivity contribution in [1.29, 1.82) is 0 Å². The fraction of sp³-hybridized carbons (Fsp3) is 0.750. The van der Waals surface area contributed by atoms with Crippen LogP contribution in [0.4, 0.5) is 11.9 Å². The van der Waals surface area contributed by atoms with Crippen LogP contribution in [-0.2, 0) is 4.74 Å². The molecule has 7 heteroatoms. The Morgan fingerprint density at radius 2 is 2.11 bits per heavy atom. The molecule has 1 unspecified atom stereocenters. The third-order valence-corrected chi connectivity index (χ3v) is 3.14. The van der Waals surface area contributed by atoms with Gasteiger partial charge in [-0.1, -0.05) is 0 Å². The zero-order valence-electron chi connectivity index (χ0n) is 11.5. The normalized spacial score (nSPS) is 18.5. The van der Waals surface area contributed by atoms with E-state index < -0.39 is 0 Å². The van der Waals surface area contributed by atoms with Crippen molar-refractivity contribution < 1.29 is 9.47 Å². The summed E-state index contributed by atoms with van der Waals surface area (Å²) in [6.45, 7) is 7.81. The highest BCUT2D eigenvalue weighted by Gasteiger charge is 2.17. The topological polar surface area (TPSA) is 86.4 Å². The van der Waals surface area contributed by atoms with Crippen molar-refractivity contribution in [2.24, 2.45) is 5.92 Å². The van der Waals surface area contributed by atoms with Gasteiger partial charge in [0.15, 0.2) is 0 Å². The quantitative estimate of drug-likeness (QED) is 0.812.